The summed E-state index contributed by atoms with van der Waals surface area (Å²) < 4.78 is 6.01. The molecule has 0 aliphatic carbocycles. The van der Waals surface area contributed by atoms with Gasteiger partial charge in [-0.05, 0) is 30.2 Å². The van der Waals surface area contributed by atoms with Crippen molar-refractivity contribution in [2.75, 3.05) is 11.5 Å². The number of anilines is 1. The maximum Gasteiger partial charge on any atom is 0.274 e. The molecular formula is C19H24N2O3S. The zero-order valence-corrected chi connectivity index (χ0v) is 15.4. The van der Waals surface area contributed by atoms with E-state index in [0.29, 0.717) is 30.4 Å². The van der Waals surface area contributed by atoms with E-state index in [9.17, 15) is 4.79 Å². The van der Waals surface area contributed by atoms with Crippen LogP contribution in [0.2, 0.25) is 0 Å². The molecule has 0 radical (unpaired) electrons. The van der Waals surface area contributed by atoms with Gasteiger partial charge in [-0.2, -0.15) is 13.5 Å². The Morgan fingerprint density at radius 1 is 1.24 bits per heavy atom. The highest BCUT2D eigenvalue weighted by Crippen LogP contribution is 2.31. The minimum Gasteiger partial charge on any atom is -0.491 e. The Labute approximate surface area is 155 Å². The Hall–Kier alpha value is -2.18. The number of nitrogens with one attached hydrogen (secondary N) is 1. The normalized spacial score (nSPS) is 16.3. The first-order chi connectivity index (χ1) is 11.6. The highest BCUT2D eigenvalue weighted by atomic mass is 32.1. The van der Waals surface area contributed by atoms with Gasteiger partial charge in [0.2, 0.25) is 0 Å². The lowest BCUT2D eigenvalue weighted by Gasteiger charge is -2.34. The van der Waals surface area contributed by atoms with Crippen LogP contribution in [0.4, 0.5) is 5.69 Å². The van der Waals surface area contributed by atoms with Gasteiger partial charge in [0.05, 0.1) is 6.04 Å². The number of hydrogen-bond acceptors (Lipinski definition) is 4. The standard InChI is InChI=1S/C19H22N2O3.H2S/c1-13(2)17-12-24-18-10-14(19(22)20-23)8-9-15(18)11-21(17)16-6-4-3-5-7-16;/h3-10,13,17,23H,11-12H2,1-2H3,(H,20,22);1H2/t17-;/m1./s1. The van der Waals surface area contributed by atoms with E-state index in [2.05, 4.69) is 30.9 Å². The molecule has 0 aromatic heterocycles. The molecule has 0 spiro atoms. The second-order valence-corrected chi connectivity index (χ2v) is 6.35. The number of ether oxygens (including phenoxy) is 1. The predicted octanol–water partition coefficient (Wildman–Crippen LogP) is 3.34. The van der Waals surface area contributed by atoms with Crippen molar-refractivity contribution in [3.8, 4) is 5.75 Å². The lowest BCUT2D eigenvalue weighted by atomic mass is 10.0. The van der Waals surface area contributed by atoms with E-state index in [1.54, 1.807) is 17.6 Å². The van der Waals surface area contributed by atoms with E-state index < -0.39 is 5.91 Å². The van der Waals surface area contributed by atoms with Gasteiger partial charge in [-0.1, -0.05) is 38.1 Å². The number of hydroxylamine groups is 1. The molecule has 6 heteroatoms. The molecule has 0 unspecified atom stereocenters. The summed E-state index contributed by atoms with van der Waals surface area (Å²) in [6.07, 6.45) is 0. The summed E-state index contributed by atoms with van der Waals surface area (Å²) in [5.74, 6) is 0.575. The Kier molecular flexibility index (Phi) is 6.33. The SMILES string of the molecule is CC(C)[C@H]1COc2cc(C(=O)NO)ccc2CN1c1ccccc1.S. The van der Waals surface area contributed by atoms with Gasteiger partial charge in [-0.15, -0.1) is 0 Å². The van der Waals surface area contributed by atoms with Crippen LogP contribution in [0.3, 0.4) is 0 Å². The van der Waals surface area contributed by atoms with Gasteiger partial charge in [0.25, 0.3) is 5.91 Å². The summed E-state index contributed by atoms with van der Waals surface area (Å²) in [6.45, 7) is 5.63. The molecule has 3 rings (SSSR count). The molecule has 134 valence electrons. The molecule has 2 N–H and O–H groups in total. The number of carbonyl (C=O) groups is 1. The average Bonchev–Trinajstić information content (AvgIpc) is 2.80. The van der Waals surface area contributed by atoms with Gasteiger partial charge in [0, 0.05) is 23.4 Å². The third-order valence-corrected chi connectivity index (χ3v) is 4.44. The second kappa shape index (κ2) is 8.27. The number of rotatable bonds is 3. The second-order valence-electron chi connectivity index (χ2n) is 6.35. The maximum atomic E-state index is 11.6. The van der Waals surface area contributed by atoms with Crippen LogP contribution >= 0.6 is 13.5 Å². The number of amides is 1. The van der Waals surface area contributed by atoms with E-state index in [1.807, 2.05) is 24.3 Å². The molecule has 2 aromatic rings. The molecule has 0 saturated heterocycles. The van der Waals surface area contributed by atoms with E-state index in [-0.39, 0.29) is 19.5 Å². The molecule has 1 heterocycles. The van der Waals surface area contributed by atoms with Crippen LogP contribution in [-0.4, -0.2) is 23.8 Å². The van der Waals surface area contributed by atoms with Crippen LogP contribution in [0.25, 0.3) is 0 Å². The molecule has 5 nitrogen and oxygen atoms in total. The molecular weight excluding hydrogens is 336 g/mol. The smallest absolute Gasteiger partial charge is 0.274 e. The van der Waals surface area contributed by atoms with Crippen molar-refractivity contribution in [2.24, 2.45) is 5.92 Å². The number of fused-ring (bicyclic) bond motifs is 1. The molecule has 25 heavy (non-hydrogen) atoms. The molecule has 0 bridgehead atoms. The van der Waals surface area contributed by atoms with Crippen molar-refractivity contribution in [1.82, 2.24) is 5.48 Å². The number of benzene rings is 2. The topological polar surface area (TPSA) is 61.8 Å². The van der Waals surface area contributed by atoms with Crippen LogP contribution in [-0.2, 0) is 6.54 Å². The van der Waals surface area contributed by atoms with Crippen molar-refractivity contribution in [3.05, 3.63) is 59.7 Å². The number of para-hydroxylation sites is 1. The average molecular weight is 360 g/mol. The summed E-state index contributed by atoms with van der Waals surface area (Å²) in [6, 6.07) is 15.8. The summed E-state index contributed by atoms with van der Waals surface area (Å²) >= 11 is 0. The highest BCUT2D eigenvalue weighted by molar-refractivity contribution is 7.59. The fourth-order valence-electron chi connectivity index (χ4n) is 3.05. The molecule has 1 amide bonds. The van der Waals surface area contributed by atoms with E-state index in [0.717, 1.165) is 11.3 Å². The zero-order chi connectivity index (χ0) is 17.1. The summed E-state index contributed by atoms with van der Waals surface area (Å²) in [5, 5.41) is 8.80. The van der Waals surface area contributed by atoms with Gasteiger partial charge in [0.1, 0.15) is 12.4 Å². The van der Waals surface area contributed by atoms with Crippen molar-refractivity contribution in [3.63, 3.8) is 0 Å². The quantitative estimate of drug-likeness (QED) is 0.651. The van der Waals surface area contributed by atoms with Crippen LogP contribution in [0.1, 0.15) is 29.8 Å². The Bertz CT molecular complexity index is 722. The zero-order valence-electron chi connectivity index (χ0n) is 14.4. The molecule has 0 saturated carbocycles. The van der Waals surface area contributed by atoms with Gasteiger partial charge in [-0.3, -0.25) is 10.0 Å². The summed E-state index contributed by atoms with van der Waals surface area (Å²) in [7, 11) is 0. The van der Waals surface area contributed by atoms with E-state index >= 15 is 0 Å². The number of carbonyl (C=O) groups excluding carboxylic acids is 1. The van der Waals surface area contributed by atoms with Crippen molar-refractivity contribution >= 4 is 25.1 Å². The van der Waals surface area contributed by atoms with Crippen molar-refractivity contribution in [1.29, 1.82) is 0 Å². The molecule has 1 aliphatic heterocycles. The maximum absolute atomic E-state index is 11.6. The Balaban J connectivity index is 0.00000225. The van der Waals surface area contributed by atoms with Gasteiger partial charge in [-0.25, -0.2) is 5.48 Å². The van der Waals surface area contributed by atoms with Crippen molar-refractivity contribution in [2.45, 2.75) is 26.4 Å². The van der Waals surface area contributed by atoms with E-state index in [1.165, 1.54) is 0 Å². The lowest BCUT2D eigenvalue weighted by Crippen LogP contribution is -2.41. The Morgan fingerprint density at radius 3 is 2.60 bits per heavy atom. The van der Waals surface area contributed by atoms with Gasteiger partial charge >= 0.3 is 0 Å². The van der Waals surface area contributed by atoms with Crippen LogP contribution < -0.4 is 15.1 Å². The third kappa shape index (κ3) is 4.08. The van der Waals surface area contributed by atoms with Crippen LogP contribution in [0.15, 0.2) is 48.5 Å². The van der Waals surface area contributed by atoms with Gasteiger partial charge < -0.3 is 9.64 Å². The van der Waals surface area contributed by atoms with Crippen LogP contribution in [0, 0.1) is 5.92 Å². The van der Waals surface area contributed by atoms with Crippen molar-refractivity contribution < 1.29 is 14.7 Å². The minimum atomic E-state index is -0.536. The highest BCUT2D eigenvalue weighted by Gasteiger charge is 2.28. The van der Waals surface area contributed by atoms with Crippen LogP contribution in [0.5, 0.6) is 5.75 Å². The predicted molar refractivity (Wildman–Crippen MR) is 103 cm³/mol. The summed E-state index contributed by atoms with van der Waals surface area (Å²) in [4.78, 5) is 14.0. The number of nitrogens with zero attached hydrogens (tertiary/aromatic N) is 1. The fourth-order valence-corrected chi connectivity index (χ4v) is 3.05. The third-order valence-electron chi connectivity index (χ3n) is 4.44. The lowest BCUT2D eigenvalue weighted by molar-refractivity contribution is 0.0706. The molecule has 1 aliphatic rings. The monoisotopic (exact) mass is 360 g/mol. The molecule has 0 fully saturated rings. The molecule has 2 aromatic carbocycles. The first kappa shape index (κ1) is 19.1. The first-order valence-corrected chi connectivity index (χ1v) is 8.12. The summed E-state index contributed by atoms with van der Waals surface area (Å²) in [5.41, 5.74) is 4.22. The number of hydrogen-bond donors (Lipinski definition) is 2. The van der Waals surface area contributed by atoms with Gasteiger partial charge in [0.15, 0.2) is 0 Å². The fraction of sp³-hybridized carbons (Fsp3) is 0.316. The first-order valence-electron chi connectivity index (χ1n) is 8.12. The largest absolute Gasteiger partial charge is 0.491 e. The molecule has 1 atom stereocenters. The minimum absolute atomic E-state index is 0. The Morgan fingerprint density at radius 2 is 1.96 bits per heavy atom. The van der Waals surface area contributed by atoms with E-state index in [4.69, 9.17) is 9.94 Å².